The van der Waals surface area contributed by atoms with Gasteiger partial charge in [-0.15, -0.1) is 0 Å². The summed E-state index contributed by atoms with van der Waals surface area (Å²) in [7, 11) is 0. The molecule has 0 N–H and O–H groups in total. The fraction of sp³-hybridized carbons (Fsp3) is 0.0597. The Morgan fingerprint density at radius 2 is 0.261 bits per heavy atom. The van der Waals surface area contributed by atoms with Crippen LogP contribution in [-0.4, -0.2) is 0 Å². The second-order valence-electron chi connectivity index (χ2n) is 35.8. The lowest BCUT2D eigenvalue weighted by Crippen LogP contribution is -2.10. The first-order chi connectivity index (χ1) is 68.1. The lowest BCUT2D eigenvalue weighted by Gasteiger charge is -2.27. The van der Waals surface area contributed by atoms with E-state index in [9.17, 15) is 0 Å². The van der Waals surface area contributed by atoms with Crippen LogP contribution in [0, 0.1) is 0 Å². The molecule has 4 nitrogen and oxygen atoms in total. The highest BCUT2D eigenvalue weighted by Crippen LogP contribution is 2.48. The molecule has 4 heteroatoms. The van der Waals surface area contributed by atoms with Crippen LogP contribution in [0.25, 0.3) is 134 Å². The standard InChI is InChI=1S/C134H106N4/c1-5-95(3)97-46-70-115(71-47-97)135(117-74-50-99(51-75-117)101-54-78-119(79-55-101)137(123-86-62-109(63-87-123)131-42-23-19-38-127(131)105-28-11-7-12-29-105)124-88-64-110(65-89-124)132-43-24-20-39-128(132)106-30-13-8-14-31-106)121-82-58-103(59-83-121)113-36-27-37-114(94-113)104-60-84-122(85-61-104)136(116-72-48-98(49-73-116)96(4)6-2)118-76-52-100(53-77-118)102-56-80-120(81-57-102)138(125-90-66-111(67-91-125)133-44-25-21-40-129(133)107-32-15-9-16-33-107)126-92-68-112(69-93-126)134-45-26-22-41-130(134)108-34-17-10-18-35-108/h7-96H,5-6H2,1-4H3. The summed E-state index contributed by atoms with van der Waals surface area (Å²) in [4.78, 5) is 9.51. The van der Waals surface area contributed by atoms with Crippen molar-refractivity contribution in [2.24, 2.45) is 0 Å². The van der Waals surface area contributed by atoms with Crippen LogP contribution in [0.5, 0.6) is 0 Å². The van der Waals surface area contributed by atoms with Crippen molar-refractivity contribution in [1.82, 2.24) is 0 Å². The summed E-state index contributed by atoms with van der Waals surface area (Å²) in [6, 6.07) is 195. The Morgan fingerprint density at radius 1 is 0.130 bits per heavy atom. The van der Waals surface area contributed by atoms with Crippen LogP contribution < -0.4 is 19.6 Å². The van der Waals surface area contributed by atoms with E-state index in [0.29, 0.717) is 11.8 Å². The summed E-state index contributed by atoms with van der Waals surface area (Å²) in [6.45, 7) is 9.15. The molecular formula is C134H106N4. The average Bonchev–Trinajstić information content (AvgIpc) is 0.777. The first-order valence-corrected chi connectivity index (χ1v) is 48.3. The van der Waals surface area contributed by atoms with Crippen molar-refractivity contribution in [2.45, 2.75) is 52.4 Å². The normalized spacial score (nSPS) is 11.6. The fourth-order valence-electron chi connectivity index (χ4n) is 19.4. The van der Waals surface area contributed by atoms with Crippen LogP contribution in [0.2, 0.25) is 0 Å². The summed E-state index contributed by atoms with van der Waals surface area (Å²) in [5.41, 5.74) is 43.8. The van der Waals surface area contributed by atoms with Crippen LogP contribution in [-0.2, 0) is 0 Å². The third-order valence-corrected chi connectivity index (χ3v) is 27.4. The number of rotatable bonds is 28. The van der Waals surface area contributed by atoms with Gasteiger partial charge in [0.05, 0.1) is 0 Å². The maximum atomic E-state index is 2.39. The molecule has 0 fully saturated rings. The largest absolute Gasteiger partial charge is 0.311 e. The Labute approximate surface area is 813 Å². The molecule has 21 rings (SSSR count). The van der Waals surface area contributed by atoms with E-state index in [1.165, 1.54) is 77.9 Å². The van der Waals surface area contributed by atoms with Gasteiger partial charge >= 0.3 is 0 Å². The molecule has 0 aromatic heterocycles. The highest BCUT2D eigenvalue weighted by Gasteiger charge is 2.23. The Kier molecular flexibility index (Phi) is 25.6. The van der Waals surface area contributed by atoms with Gasteiger partial charge in [-0.2, -0.15) is 0 Å². The van der Waals surface area contributed by atoms with Crippen molar-refractivity contribution >= 4 is 68.2 Å². The smallest absolute Gasteiger partial charge is 0.0462 e. The van der Waals surface area contributed by atoms with E-state index in [1.54, 1.807) is 0 Å². The van der Waals surface area contributed by atoms with Crippen molar-refractivity contribution in [2.75, 3.05) is 19.6 Å². The van der Waals surface area contributed by atoms with Crippen LogP contribution in [0.15, 0.2) is 534 Å². The van der Waals surface area contributed by atoms with E-state index in [2.05, 4.69) is 581 Å². The van der Waals surface area contributed by atoms with Gasteiger partial charge < -0.3 is 19.6 Å². The minimum atomic E-state index is 0.454. The lowest BCUT2D eigenvalue weighted by atomic mass is 9.94. The van der Waals surface area contributed by atoms with Gasteiger partial charge in [-0.3, -0.25) is 0 Å². The van der Waals surface area contributed by atoms with Gasteiger partial charge in [-0.05, 0) is 321 Å². The molecule has 2 unspecified atom stereocenters. The van der Waals surface area contributed by atoms with Gasteiger partial charge in [0.15, 0.2) is 0 Å². The average molecular weight is 1770 g/mol. The molecule has 0 bridgehead atoms. The molecule has 0 radical (unpaired) electrons. The SMILES string of the molecule is CCC(C)c1ccc(N(c2ccc(-c3ccc(N(c4ccc(-c5ccccc5-c5ccccc5)cc4)c4ccc(-c5ccccc5-c5ccccc5)cc4)cc3)cc2)c2ccc(-c3cccc(-c4ccc(N(c5ccc(-c6ccc(N(c7ccc(-c8ccccc8-c8ccccc8)cc7)c7ccc(-c8ccccc8-c8ccccc8)cc7)cc6)cc5)c5ccc(C(C)CC)cc5)cc4)c3)cc2)cc1. The van der Waals surface area contributed by atoms with E-state index in [4.69, 9.17) is 0 Å². The monoisotopic (exact) mass is 1770 g/mol. The maximum Gasteiger partial charge on any atom is 0.0462 e. The molecule has 0 saturated heterocycles. The van der Waals surface area contributed by atoms with Gasteiger partial charge in [-0.25, -0.2) is 0 Å². The molecule has 21 aromatic rings. The Balaban J connectivity index is 0.542. The number of benzene rings is 21. The molecule has 2 atom stereocenters. The first-order valence-electron chi connectivity index (χ1n) is 48.3. The number of nitrogens with zero attached hydrogens (tertiary/aromatic N) is 4. The van der Waals surface area contributed by atoms with Gasteiger partial charge in [0.2, 0.25) is 0 Å². The van der Waals surface area contributed by atoms with Crippen molar-refractivity contribution in [3.8, 4) is 134 Å². The molecule has 662 valence electrons. The Bertz CT molecular complexity index is 6950. The van der Waals surface area contributed by atoms with Crippen molar-refractivity contribution < 1.29 is 0 Å². The fourth-order valence-corrected chi connectivity index (χ4v) is 19.4. The molecule has 0 aliphatic rings. The number of hydrogen-bond acceptors (Lipinski definition) is 4. The minimum Gasteiger partial charge on any atom is -0.311 e. The summed E-state index contributed by atoms with van der Waals surface area (Å²) in [5, 5.41) is 0. The molecule has 0 spiro atoms. The predicted molar refractivity (Wildman–Crippen MR) is 588 cm³/mol. The number of anilines is 12. The van der Waals surface area contributed by atoms with E-state index in [-0.39, 0.29) is 0 Å². The molecule has 0 amide bonds. The Morgan fingerprint density at radius 3 is 0.428 bits per heavy atom. The zero-order valence-corrected chi connectivity index (χ0v) is 78.2. The van der Waals surface area contributed by atoms with E-state index < -0.39 is 0 Å². The van der Waals surface area contributed by atoms with E-state index in [1.807, 2.05) is 0 Å². The van der Waals surface area contributed by atoms with Crippen molar-refractivity contribution in [3.63, 3.8) is 0 Å². The van der Waals surface area contributed by atoms with Gasteiger partial charge in [0.25, 0.3) is 0 Å². The molecule has 0 saturated carbocycles. The molecular weight excluding hydrogens is 1670 g/mol. The third kappa shape index (κ3) is 18.7. The molecule has 0 aliphatic carbocycles. The van der Waals surface area contributed by atoms with Crippen molar-refractivity contribution in [3.05, 3.63) is 545 Å². The predicted octanol–water partition coefficient (Wildman–Crippen LogP) is 38.6. The van der Waals surface area contributed by atoms with Gasteiger partial charge in [-0.1, -0.05) is 410 Å². The molecule has 138 heavy (non-hydrogen) atoms. The third-order valence-electron chi connectivity index (χ3n) is 27.4. The molecule has 0 heterocycles. The zero-order chi connectivity index (χ0) is 93.0. The molecule has 0 aliphatic heterocycles. The van der Waals surface area contributed by atoms with Crippen LogP contribution >= 0.6 is 0 Å². The van der Waals surface area contributed by atoms with Gasteiger partial charge in [0.1, 0.15) is 0 Å². The van der Waals surface area contributed by atoms with Crippen LogP contribution in [0.1, 0.15) is 63.5 Å². The second kappa shape index (κ2) is 40.3. The van der Waals surface area contributed by atoms with E-state index in [0.717, 1.165) is 148 Å². The minimum absolute atomic E-state index is 0.454. The maximum absolute atomic E-state index is 2.39. The highest BCUT2D eigenvalue weighted by molar-refractivity contribution is 5.93. The summed E-state index contributed by atoms with van der Waals surface area (Å²) >= 11 is 0. The Hall–Kier alpha value is -17.2. The summed E-state index contributed by atoms with van der Waals surface area (Å²) < 4.78 is 0. The second-order valence-corrected chi connectivity index (χ2v) is 35.8. The van der Waals surface area contributed by atoms with Crippen LogP contribution in [0.3, 0.4) is 0 Å². The quantitative estimate of drug-likeness (QED) is 0.0484. The summed E-state index contributed by atoms with van der Waals surface area (Å²) in [6.07, 6.45) is 2.15. The molecule has 21 aromatic carbocycles. The topological polar surface area (TPSA) is 13.0 Å². The summed E-state index contributed by atoms with van der Waals surface area (Å²) in [5.74, 6) is 0.908. The lowest BCUT2D eigenvalue weighted by molar-refractivity contribution is 0.733. The first kappa shape index (κ1) is 87.5. The van der Waals surface area contributed by atoms with E-state index >= 15 is 0 Å². The van der Waals surface area contributed by atoms with Crippen molar-refractivity contribution in [1.29, 1.82) is 0 Å². The van der Waals surface area contributed by atoms with Gasteiger partial charge in [0, 0.05) is 68.2 Å². The highest BCUT2D eigenvalue weighted by atomic mass is 15.2. The number of hydrogen-bond donors (Lipinski definition) is 0. The van der Waals surface area contributed by atoms with Crippen LogP contribution in [0.4, 0.5) is 68.2 Å². The zero-order valence-electron chi connectivity index (χ0n) is 78.2.